The number of fused-ring (bicyclic) bond motifs is 1. The monoisotopic (exact) mass is 393 g/mol. The minimum atomic E-state index is -0.476. The summed E-state index contributed by atoms with van der Waals surface area (Å²) in [6.45, 7) is 1.76. The van der Waals surface area contributed by atoms with Gasteiger partial charge in [0.1, 0.15) is 5.82 Å². The summed E-state index contributed by atoms with van der Waals surface area (Å²) < 4.78 is 16.3. The van der Waals surface area contributed by atoms with Gasteiger partial charge in [-0.1, -0.05) is 33.8 Å². The average Bonchev–Trinajstić information content (AvgIpc) is 2.93. The Labute approximate surface area is 145 Å². The summed E-state index contributed by atoms with van der Waals surface area (Å²) in [5.41, 5.74) is 1.13. The molecule has 0 radical (unpaired) electrons. The van der Waals surface area contributed by atoms with Crippen molar-refractivity contribution in [1.29, 1.82) is 0 Å². The number of amides is 1. The molecule has 4 nitrogen and oxygen atoms in total. The second-order valence-electron chi connectivity index (χ2n) is 4.91. The number of thioether (sulfide) groups is 1. The van der Waals surface area contributed by atoms with Crippen LogP contribution in [0.3, 0.4) is 0 Å². The zero-order chi connectivity index (χ0) is 16.4. The van der Waals surface area contributed by atoms with Crippen LogP contribution in [0.15, 0.2) is 58.4 Å². The molecule has 23 heavy (non-hydrogen) atoms. The summed E-state index contributed by atoms with van der Waals surface area (Å²) in [5, 5.41) is 2.91. The molecule has 2 heterocycles. The molecule has 1 atom stereocenters. The van der Waals surface area contributed by atoms with Crippen molar-refractivity contribution in [3.8, 4) is 0 Å². The zero-order valence-corrected chi connectivity index (χ0v) is 14.6. The Morgan fingerprint density at radius 2 is 2.22 bits per heavy atom. The van der Waals surface area contributed by atoms with Gasteiger partial charge >= 0.3 is 0 Å². The molecule has 1 unspecified atom stereocenters. The highest BCUT2D eigenvalue weighted by Crippen LogP contribution is 2.25. The van der Waals surface area contributed by atoms with Gasteiger partial charge in [0.25, 0.3) is 0 Å². The van der Waals surface area contributed by atoms with Crippen molar-refractivity contribution in [3.63, 3.8) is 0 Å². The van der Waals surface area contributed by atoms with Crippen molar-refractivity contribution >= 4 is 44.8 Å². The van der Waals surface area contributed by atoms with Crippen LogP contribution in [0, 0.1) is 5.82 Å². The van der Waals surface area contributed by atoms with E-state index in [0.717, 1.165) is 10.7 Å². The first-order chi connectivity index (χ1) is 11.0. The van der Waals surface area contributed by atoms with Crippen molar-refractivity contribution in [2.45, 2.75) is 17.3 Å². The Morgan fingerprint density at radius 1 is 1.39 bits per heavy atom. The van der Waals surface area contributed by atoms with Crippen molar-refractivity contribution in [1.82, 2.24) is 9.38 Å². The minimum absolute atomic E-state index is 0.165. The first-order valence-electron chi connectivity index (χ1n) is 6.89. The molecule has 0 aliphatic rings. The number of hydrogen-bond acceptors (Lipinski definition) is 3. The molecule has 0 fully saturated rings. The van der Waals surface area contributed by atoms with Crippen LogP contribution in [0.1, 0.15) is 6.92 Å². The third-order valence-electron chi connectivity index (χ3n) is 3.25. The number of anilines is 1. The summed E-state index contributed by atoms with van der Waals surface area (Å²) in [7, 11) is 0. The molecule has 1 aromatic carbocycles. The van der Waals surface area contributed by atoms with E-state index < -0.39 is 11.1 Å². The van der Waals surface area contributed by atoms with Crippen LogP contribution in [0.25, 0.3) is 5.52 Å². The Bertz CT molecular complexity index is 867. The molecule has 0 aliphatic carbocycles. The standard InChI is InChI=1S/C16H13BrFN3OS/c1-10(15(22)20-14-6-5-11(17)8-13(14)18)23-16-19-9-12-4-2-3-7-21(12)16/h2-10H,1H3,(H,20,22). The van der Waals surface area contributed by atoms with Crippen molar-refractivity contribution < 1.29 is 9.18 Å². The number of carbonyl (C=O) groups excluding carboxylic acids is 1. The summed E-state index contributed by atoms with van der Waals surface area (Å²) in [4.78, 5) is 16.6. The molecule has 1 amide bonds. The number of benzene rings is 1. The van der Waals surface area contributed by atoms with Crippen molar-refractivity contribution in [2.75, 3.05) is 5.32 Å². The van der Waals surface area contributed by atoms with Crippen LogP contribution in [0.5, 0.6) is 0 Å². The van der Waals surface area contributed by atoms with Crippen LogP contribution >= 0.6 is 27.7 Å². The fraction of sp³-hybridized carbons (Fsp3) is 0.125. The smallest absolute Gasteiger partial charge is 0.237 e. The van der Waals surface area contributed by atoms with Crippen molar-refractivity contribution in [3.05, 3.63) is 59.1 Å². The Morgan fingerprint density at radius 3 is 3.00 bits per heavy atom. The van der Waals surface area contributed by atoms with E-state index in [2.05, 4.69) is 26.2 Å². The minimum Gasteiger partial charge on any atom is -0.323 e. The van der Waals surface area contributed by atoms with Crippen LogP contribution in [-0.4, -0.2) is 20.5 Å². The normalized spacial score (nSPS) is 12.3. The molecule has 3 rings (SSSR count). The second kappa shape index (κ2) is 6.72. The fourth-order valence-corrected chi connectivity index (χ4v) is 3.25. The predicted molar refractivity (Wildman–Crippen MR) is 93.2 cm³/mol. The number of pyridine rings is 1. The first-order valence-corrected chi connectivity index (χ1v) is 8.56. The van der Waals surface area contributed by atoms with Gasteiger partial charge in [-0.15, -0.1) is 0 Å². The summed E-state index contributed by atoms with van der Waals surface area (Å²) in [6, 6.07) is 10.3. The van der Waals surface area contributed by atoms with Crippen LogP contribution in [0.4, 0.5) is 10.1 Å². The molecule has 118 valence electrons. The lowest BCUT2D eigenvalue weighted by molar-refractivity contribution is -0.115. The van der Waals surface area contributed by atoms with Gasteiger partial charge in [0.05, 0.1) is 22.7 Å². The van der Waals surface area contributed by atoms with Crippen LogP contribution in [0.2, 0.25) is 0 Å². The highest BCUT2D eigenvalue weighted by molar-refractivity contribution is 9.10. The Balaban J connectivity index is 1.72. The number of halogens is 2. The number of carbonyl (C=O) groups is 1. The van der Waals surface area contributed by atoms with Gasteiger partial charge in [0, 0.05) is 10.7 Å². The second-order valence-corrected chi connectivity index (χ2v) is 7.13. The zero-order valence-electron chi connectivity index (χ0n) is 12.2. The van der Waals surface area contributed by atoms with Gasteiger partial charge in [-0.05, 0) is 37.3 Å². The summed E-state index contributed by atoms with van der Waals surface area (Å²) >= 11 is 4.51. The number of imidazole rings is 1. The maximum Gasteiger partial charge on any atom is 0.237 e. The quantitative estimate of drug-likeness (QED) is 0.669. The van der Waals surface area contributed by atoms with Gasteiger partial charge < -0.3 is 5.32 Å². The number of nitrogens with one attached hydrogen (secondary N) is 1. The molecule has 3 aromatic rings. The third kappa shape index (κ3) is 3.56. The van der Waals surface area contributed by atoms with E-state index in [1.54, 1.807) is 19.2 Å². The third-order valence-corrected chi connectivity index (χ3v) is 4.82. The maximum absolute atomic E-state index is 13.8. The fourth-order valence-electron chi connectivity index (χ4n) is 2.04. The van der Waals surface area contributed by atoms with Crippen LogP contribution < -0.4 is 5.32 Å². The van der Waals surface area contributed by atoms with E-state index in [0.29, 0.717) is 4.47 Å². The van der Waals surface area contributed by atoms with E-state index in [-0.39, 0.29) is 11.6 Å². The molecular formula is C16H13BrFN3OS. The molecule has 0 saturated carbocycles. The lowest BCUT2D eigenvalue weighted by atomic mass is 10.3. The number of hydrogen-bond donors (Lipinski definition) is 1. The largest absolute Gasteiger partial charge is 0.323 e. The molecule has 2 aromatic heterocycles. The lowest BCUT2D eigenvalue weighted by Crippen LogP contribution is -2.23. The molecular weight excluding hydrogens is 381 g/mol. The number of aromatic nitrogens is 2. The van der Waals surface area contributed by atoms with Gasteiger partial charge in [0.15, 0.2) is 5.16 Å². The maximum atomic E-state index is 13.8. The molecule has 0 bridgehead atoms. The Kier molecular flexibility index (Phi) is 4.68. The van der Waals surface area contributed by atoms with E-state index in [1.165, 1.54) is 23.9 Å². The highest BCUT2D eigenvalue weighted by atomic mass is 79.9. The first kappa shape index (κ1) is 16.0. The average molecular weight is 394 g/mol. The van der Waals surface area contributed by atoms with E-state index in [4.69, 9.17) is 0 Å². The lowest BCUT2D eigenvalue weighted by Gasteiger charge is -2.12. The van der Waals surface area contributed by atoms with Gasteiger partial charge in [-0.3, -0.25) is 9.20 Å². The molecule has 1 N–H and O–H groups in total. The van der Waals surface area contributed by atoms with Gasteiger partial charge in [-0.2, -0.15) is 0 Å². The highest BCUT2D eigenvalue weighted by Gasteiger charge is 2.18. The SMILES string of the molecule is CC(Sc1ncc2ccccn12)C(=O)Nc1ccc(Br)cc1F. The topological polar surface area (TPSA) is 46.4 Å². The summed E-state index contributed by atoms with van der Waals surface area (Å²) in [5.74, 6) is -0.750. The van der Waals surface area contributed by atoms with E-state index >= 15 is 0 Å². The number of rotatable bonds is 4. The Hall–Kier alpha value is -1.86. The number of nitrogens with zero attached hydrogens (tertiary/aromatic N) is 2. The van der Waals surface area contributed by atoms with E-state index in [9.17, 15) is 9.18 Å². The molecule has 7 heteroatoms. The summed E-state index contributed by atoms with van der Waals surface area (Å²) in [6.07, 6.45) is 3.64. The molecule has 0 saturated heterocycles. The molecule has 0 aliphatic heterocycles. The van der Waals surface area contributed by atoms with Crippen LogP contribution in [-0.2, 0) is 4.79 Å². The molecule has 0 spiro atoms. The predicted octanol–water partition coefficient (Wildman–Crippen LogP) is 4.36. The van der Waals surface area contributed by atoms with Gasteiger partial charge in [-0.25, -0.2) is 9.37 Å². The van der Waals surface area contributed by atoms with E-state index in [1.807, 2.05) is 28.8 Å². The van der Waals surface area contributed by atoms with Crippen molar-refractivity contribution in [2.24, 2.45) is 0 Å². The van der Waals surface area contributed by atoms with Gasteiger partial charge in [0.2, 0.25) is 5.91 Å².